The van der Waals surface area contributed by atoms with E-state index in [2.05, 4.69) is 4.98 Å². The fourth-order valence-electron chi connectivity index (χ4n) is 3.18. The second-order valence-electron chi connectivity index (χ2n) is 6.55. The molecule has 1 unspecified atom stereocenters. The number of piperidine rings is 1. The summed E-state index contributed by atoms with van der Waals surface area (Å²) in [7, 11) is 0. The first-order valence-corrected chi connectivity index (χ1v) is 9.20. The van der Waals surface area contributed by atoms with E-state index in [1.165, 1.54) is 12.1 Å². The zero-order chi connectivity index (χ0) is 19.8. The van der Waals surface area contributed by atoms with Crippen LogP contribution in [-0.2, 0) is 6.18 Å². The van der Waals surface area contributed by atoms with Crippen LogP contribution < -0.4 is 0 Å². The molecule has 1 N–H and O–H groups in total. The van der Waals surface area contributed by atoms with Gasteiger partial charge in [0.05, 0.1) is 10.6 Å². The molecule has 0 spiro atoms. The molecular weight excluding hydrogens is 381 g/mol. The van der Waals surface area contributed by atoms with E-state index in [1.807, 2.05) is 0 Å². The average Bonchev–Trinajstić information content (AvgIpc) is 3.11. The van der Waals surface area contributed by atoms with Gasteiger partial charge in [-0.15, -0.1) is 11.3 Å². The first-order valence-electron chi connectivity index (χ1n) is 8.32. The summed E-state index contributed by atoms with van der Waals surface area (Å²) in [4.78, 5) is 29.3. The summed E-state index contributed by atoms with van der Waals surface area (Å²) in [6.07, 6.45) is -3.18. The smallest absolute Gasteiger partial charge is 0.434 e. The molecule has 27 heavy (non-hydrogen) atoms. The Morgan fingerprint density at radius 3 is 2.59 bits per heavy atom. The highest BCUT2D eigenvalue weighted by Crippen LogP contribution is 2.35. The normalized spacial score (nSPS) is 17.8. The molecule has 5 nitrogen and oxygen atoms in total. The van der Waals surface area contributed by atoms with Crippen LogP contribution >= 0.6 is 11.3 Å². The summed E-state index contributed by atoms with van der Waals surface area (Å²) in [5.74, 6) is -1.70. The molecule has 1 fully saturated rings. The highest BCUT2D eigenvalue weighted by molar-refractivity contribution is 7.09. The number of thiazole rings is 1. The topological polar surface area (TPSA) is 70.5 Å². The molecule has 2 heterocycles. The number of hydrogen-bond acceptors (Lipinski definition) is 4. The van der Waals surface area contributed by atoms with Gasteiger partial charge in [0.2, 0.25) is 0 Å². The first-order chi connectivity index (χ1) is 12.6. The van der Waals surface area contributed by atoms with Gasteiger partial charge >= 0.3 is 12.1 Å². The fraction of sp³-hybridized carbons (Fsp3) is 0.389. The van der Waals surface area contributed by atoms with E-state index >= 15 is 0 Å². The summed E-state index contributed by atoms with van der Waals surface area (Å²) in [5.41, 5.74) is 0.0436. The number of hydrogen-bond donors (Lipinski definition) is 1. The minimum atomic E-state index is -4.48. The minimum Gasteiger partial charge on any atom is -0.478 e. The molecule has 144 valence electrons. The zero-order valence-corrected chi connectivity index (χ0v) is 15.2. The van der Waals surface area contributed by atoms with Gasteiger partial charge in [0.1, 0.15) is 0 Å². The van der Waals surface area contributed by atoms with Crippen LogP contribution in [-0.4, -0.2) is 40.0 Å². The van der Waals surface area contributed by atoms with Crippen molar-refractivity contribution < 1.29 is 27.9 Å². The maximum Gasteiger partial charge on any atom is 0.434 e. The lowest BCUT2D eigenvalue weighted by Crippen LogP contribution is -2.39. The van der Waals surface area contributed by atoms with Crippen molar-refractivity contribution in [2.24, 2.45) is 0 Å². The minimum absolute atomic E-state index is 0.0293. The number of aryl methyl sites for hydroxylation is 1. The fourth-order valence-corrected chi connectivity index (χ4v) is 4.14. The number of halogens is 3. The van der Waals surface area contributed by atoms with Crippen molar-refractivity contribution in [2.75, 3.05) is 13.1 Å². The molecule has 0 bridgehead atoms. The number of carboxylic acids is 1. The Balaban J connectivity index is 1.79. The van der Waals surface area contributed by atoms with E-state index in [4.69, 9.17) is 5.11 Å². The maximum absolute atomic E-state index is 12.8. The van der Waals surface area contributed by atoms with Crippen LogP contribution in [0, 0.1) is 6.92 Å². The van der Waals surface area contributed by atoms with Crippen LogP contribution in [0.25, 0.3) is 0 Å². The number of aromatic carboxylic acids is 1. The Labute approximate surface area is 157 Å². The first kappa shape index (κ1) is 19.3. The molecule has 1 saturated heterocycles. The second-order valence-corrected chi connectivity index (χ2v) is 7.44. The Morgan fingerprint density at radius 2 is 1.96 bits per heavy atom. The predicted molar refractivity (Wildman–Crippen MR) is 93.1 cm³/mol. The largest absolute Gasteiger partial charge is 0.478 e. The molecule has 2 aromatic rings. The van der Waals surface area contributed by atoms with E-state index in [-0.39, 0.29) is 29.5 Å². The predicted octanol–water partition coefficient (Wildman–Crippen LogP) is 4.19. The number of benzene rings is 1. The number of nitrogens with zero attached hydrogens (tertiary/aromatic N) is 2. The number of rotatable bonds is 3. The highest BCUT2D eigenvalue weighted by Gasteiger charge is 2.35. The maximum atomic E-state index is 12.8. The zero-order valence-electron chi connectivity index (χ0n) is 14.4. The van der Waals surface area contributed by atoms with Gasteiger partial charge in [-0.25, -0.2) is 9.78 Å². The Morgan fingerprint density at radius 1 is 1.26 bits per heavy atom. The number of carboxylic acid groups (broad SMARTS) is 1. The average molecular weight is 398 g/mol. The molecule has 0 radical (unpaired) electrons. The van der Waals surface area contributed by atoms with Gasteiger partial charge in [-0.05, 0) is 43.5 Å². The van der Waals surface area contributed by atoms with Crippen LogP contribution in [0.2, 0.25) is 0 Å². The third-order valence-corrected chi connectivity index (χ3v) is 5.45. The van der Waals surface area contributed by atoms with Crippen LogP contribution in [0.3, 0.4) is 0 Å². The number of aromatic nitrogens is 1. The van der Waals surface area contributed by atoms with E-state index in [9.17, 15) is 22.8 Å². The van der Waals surface area contributed by atoms with Gasteiger partial charge in [-0.1, -0.05) is 0 Å². The van der Waals surface area contributed by atoms with Gasteiger partial charge in [0, 0.05) is 30.0 Å². The van der Waals surface area contributed by atoms with Crippen LogP contribution in [0.5, 0.6) is 0 Å². The van der Waals surface area contributed by atoms with Crippen molar-refractivity contribution in [2.45, 2.75) is 31.9 Å². The summed E-state index contributed by atoms with van der Waals surface area (Å²) in [5, 5.41) is 10.5. The third kappa shape index (κ3) is 4.29. The van der Waals surface area contributed by atoms with Crippen molar-refractivity contribution in [1.82, 2.24) is 9.88 Å². The van der Waals surface area contributed by atoms with Crippen LogP contribution in [0.4, 0.5) is 13.2 Å². The quantitative estimate of drug-likeness (QED) is 0.842. The standard InChI is InChI=1S/C18H17F3N2O3S/c1-10-5-12(7-13(6-10)17(25)26)16(24)23-4-2-3-11(8-23)15-22-14(9-27-15)18(19,20)21/h5-7,9,11H,2-4,8H2,1H3,(H,25,26). The highest BCUT2D eigenvalue weighted by atomic mass is 32.1. The lowest BCUT2D eigenvalue weighted by molar-refractivity contribution is -0.140. The molecule has 1 aliphatic heterocycles. The molecule has 1 aliphatic rings. The number of carbonyl (C=O) groups is 2. The van der Waals surface area contributed by atoms with Crippen molar-refractivity contribution in [1.29, 1.82) is 0 Å². The number of carbonyl (C=O) groups excluding carboxylic acids is 1. The van der Waals surface area contributed by atoms with Crippen molar-refractivity contribution in [3.05, 3.63) is 51.0 Å². The van der Waals surface area contributed by atoms with Crippen molar-refractivity contribution >= 4 is 23.2 Å². The molecule has 1 atom stereocenters. The Bertz CT molecular complexity index is 879. The van der Waals surface area contributed by atoms with E-state index in [0.29, 0.717) is 30.0 Å². The van der Waals surface area contributed by atoms with Gasteiger partial charge in [0.15, 0.2) is 5.69 Å². The molecule has 0 aliphatic carbocycles. The van der Waals surface area contributed by atoms with Crippen molar-refractivity contribution in [3.63, 3.8) is 0 Å². The van der Waals surface area contributed by atoms with E-state index in [1.54, 1.807) is 17.9 Å². The number of likely N-dealkylation sites (tertiary alicyclic amines) is 1. The monoisotopic (exact) mass is 398 g/mol. The lowest BCUT2D eigenvalue weighted by Gasteiger charge is -2.32. The van der Waals surface area contributed by atoms with Crippen LogP contribution in [0.1, 0.15) is 55.7 Å². The molecular formula is C18H17F3N2O3S. The SMILES string of the molecule is Cc1cc(C(=O)O)cc(C(=O)N2CCCC(c3nc(C(F)(F)F)cs3)C2)c1. The molecule has 9 heteroatoms. The van der Waals surface area contributed by atoms with Gasteiger partial charge in [0.25, 0.3) is 5.91 Å². The summed E-state index contributed by atoms with van der Waals surface area (Å²) < 4.78 is 38.3. The summed E-state index contributed by atoms with van der Waals surface area (Å²) in [6.45, 7) is 2.44. The van der Waals surface area contributed by atoms with Gasteiger partial charge in [-0.2, -0.15) is 13.2 Å². The third-order valence-electron chi connectivity index (χ3n) is 4.44. The van der Waals surface area contributed by atoms with Crippen LogP contribution in [0.15, 0.2) is 23.6 Å². The molecule has 1 amide bonds. The second kappa shape index (κ2) is 7.30. The van der Waals surface area contributed by atoms with Gasteiger partial charge in [-0.3, -0.25) is 4.79 Å². The lowest BCUT2D eigenvalue weighted by atomic mass is 9.97. The Kier molecular flexibility index (Phi) is 5.23. The van der Waals surface area contributed by atoms with E-state index < -0.39 is 17.8 Å². The summed E-state index contributed by atoms with van der Waals surface area (Å²) >= 11 is 0.955. The molecule has 1 aromatic heterocycles. The Hall–Kier alpha value is -2.42. The molecule has 1 aromatic carbocycles. The molecule has 3 rings (SSSR count). The summed E-state index contributed by atoms with van der Waals surface area (Å²) in [6, 6.07) is 4.42. The number of alkyl halides is 3. The number of amides is 1. The van der Waals surface area contributed by atoms with Gasteiger partial charge < -0.3 is 10.0 Å². The molecule has 0 saturated carbocycles. The van der Waals surface area contributed by atoms with E-state index in [0.717, 1.165) is 16.7 Å². The van der Waals surface area contributed by atoms with Crippen molar-refractivity contribution in [3.8, 4) is 0 Å².